The Morgan fingerprint density at radius 3 is 2.77 bits per heavy atom. The Hall–Kier alpha value is -3.33. The molecule has 0 aliphatic carbocycles. The van der Waals surface area contributed by atoms with Gasteiger partial charge in [-0.1, -0.05) is 12.1 Å². The Labute approximate surface area is 151 Å². The first-order valence-corrected chi connectivity index (χ1v) is 8.14. The molecule has 0 spiro atoms. The van der Waals surface area contributed by atoms with E-state index in [0.29, 0.717) is 5.75 Å². The predicted molar refractivity (Wildman–Crippen MR) is 95.3 cm³/mol. The summed E-state index contributed by atoms with van der Waals surface area (Å²) in [6.45, 7) is 2.05. The summed E-state index contributed by atoms with van der Waals surface area (Å²) in [6.07, 6.45) is 1.38. The minimum Gasteiger partial charge on any atom is -0.490 e. The smallest absolute Gasteiger partial charge is 0.166 e. The molecule has 0 unspecified atom stereocenters. The Balaban J connectivity index is 1.62. The van der Waals surface area contributed by atoms with Gasteiger partial charge in [-0.05, 0) is 43.3 Å². The molecular weight excluding hydrogens is 333 g/mol. The molecule has 3 rings (SSSR count). The van der Waals surface area contributed by atoms with Crippen molar-refractivity contribution < 1.29 is 13.9 Å². The fourth-order valence-corrected chi connectivity index (χ4v) is 2.53. The van der Waals surface area contributed by atoms with Gasteiger partial charge in [0.2, 0.25) is 0 Å². The fourth-order valence-electron chi connectivity index (χ4n) is 2.53. The van der Waals surface area contributed by atoms with Crippen molar-refractivity contribution in [2.45, 2.75) is 13.0 Å². The summed E-state index contributed by atoms with van der Waals surface area (Å²) >= 11 is 0. The fraction of sp³-hybridized carbons (Fsp3) is 0.200. The zero-order valence-electron chi connectivity index (χ0n) is 14.5. The molecular formula is C20H18FN3O2. The number of hydrogen-bond donors (Lipinski definition) is 0. The van der Waals surface area contributed by atoms with E-state index in [1.54, 1.807) is 17.8 Å². The van der Waals surface area contributed by atoms with E-state index < -0.39 is 5.82 Å². The topological polar surface area (TPSA) is 60.1 Å². The first-order chi connectivity index (χ1) is 12.6. The van der Waals surface area contributed by atoms with Gasteiger partial charge in [0.05, 0.1) is 17.3 Å². The standard InChI is InChI=1S/C20H18FN3O2/c1-14(26-20-7-6-15(12-22)10-18(20)21)13-25-17-5-3-4-16(11-17)19-8-9-23-24(19)2/h3-11,14H,13H2,1-2H3/t14-/m1/s1. The Morgan fingerprint density at radius 2 is 2.08 bits per heavy atom. The molecule has 0 saturated heterocycles. The van der Waals surface area contributed by atoms with E-state index >= 15 is 0 Å². The summed E-state index contributed by atoms with van der Waals surface area (Å²) in [5.41, 5.74) is 2.24. The Morgan fingerprint density at radius 1 is 1.23 bits per heavy atom. The van der Waals surface area contributed by atoms with Crippen molar-refractivity contribution in [3.8, 4) is 28.8 Å². The molecule has 0 saturated carbocycles. The quantitative estimate of drug-likeness (QED) is 0.675. The van der Waals surface area contributed by atoms with Crippen LogP contribution in [0.2, 0.25) is 0 Å². The van der Waals surface area contributed by atoms with Crippen molar-refractivity contribution in [3.05, 3.63) is 66.1 Å². The highest BCUT2D eigenvalue weighted by Crippen LogP contribution is 2.24. The first-order valence-electron chi connectivity index (χ1n) is 8.14. The van der Waals surface area contributed by atoms with Gasteiger partial charge in [0, 0.05) is 18.8 Å². The van der Waals surface area contributed by atoms with Gasteiger partial charge in [0.1, 0.15) is 18.5 Å². The molecule has 0 fully saturated rings. The van der Waals surface area contributed by atoms with Crippen LogP contribution in [0.1, 0.15) is 12.5 Å². The van der Waals surface area contributed by atoms with Gasteiger partial charge in [-0.15, -0.1) is 0 Å². The molecule has 3 aromatic rings. The molecule has 0 bridgehead atoms. The van der Waals surface area contributed by atoms with Gasteiger partial charge >= 0.3 is 0 Å². The number of hydrogen-bond acceptors (Lipinski definition) is 4. The second kappa shape index (κ2) is 7.70. The molecule has 132 valence electrons. The lowest BCUT2D eigenvalue weighted by Gasteiger charge is -2.16. The zero-order chi connectivity index (χ0) is 18.5. The number of nitrogens with zero attached hydrogens (tertiary/aromatic N) is 3. The lowest BCUT2D eigenvalue weighted by Crippen LogP contribution is -2.21. The second-order valence-corrected chi connectivity index (χ2v) is 5.86. The van der Waals surface area contributed by atoms with Crippen molar-refractivity contribution in [2.24, 2.45) is 7.05 Å². The van der Waals surface area contributed by atoms with Gasteiger partial charge in [-0.3, -0.25) is 4.68 Å². The number of rotatable bonds is 6. The summed E-state index contributed by atoms with van der Waals surface area (Å²) in [7, 11) is 1.88. The van der Waals surface area contributed by atoms with Crippen molar-refractivity contribution >= 4 is 0 Å². The molecule has 0 radical (unpaired) electrons. The van der Waals surface area contributed by atoms with E-state index in [2.05, 4.69) is 5.10 Å². The van der Waals surface area contributed by atoms with Gasteiger partial charge in [-0.2, -0.15) is 10.4 Å². The molecule has 0 N–H and O–H groups in total. The number of aryl methyl sites for hydroxylation is 1. The van der Waals surface area contributed by atoms with Crippen LogP contribution in [0, 0.1) is 17.1 Å². The molecule has 0 aliphatic heterocycles. The van der Waals surface area contributed by atoms with E-state index in [1.165, 1.54) is 12.1 Å². The Bertz CT molecular complexity index is 946. The van der Waals surface area contributed by atoms with E-state index in [4.69, 9.17) is 14.7 Å². The average molecular weight is 351 g/mol. The molecule has 0 aliphatic rings. The van der Waals surface area contributed by atoms with Gasteiger partial charge in [0.15, 0.2) is 11.6 Å². The highest BCUT2D eigenvalue weighted by Gasteiger charge is 2.11. The third-order valence-electron chi connectivity index (χ3n) is 3.82. The lowest BCUT2D eigenvalue weighted by molar-refractivity contribution is 0.138. The number of nitriles is 1. The lowest BCUT2D eigenvalue weighted by atomic mass is 10.1. The van der Waals surface area contributed by atoms with E-state index in [0.717, 1.165) is 17.3 Å². The van der Waals surface area contributed by atoms with Crippen LogP contribution in [0.25, 0.3) is 11.3 Å². The van der Waals surface area contributed by atoms with Crippen LogP contribution in [0.15, 0.2) is 54.7 Å². The van der Waals surface area contributed by atoms with E-state index in [9.17, 15) is 4.39 Å². The molecule has 26 heavy (non-hydrogen) atoms. The SMILES string of the molecule is C[C@H](COc1cccc(-c2ccnn2C)c1)Oc1ccc(C#N)cc1F. The third-order valence-corrected chi connectivity index (χ3v) is 3.82. The molecule has 5 nitrogen and oxygen atoms in total. The second-order valence-electron chi connectivity index (χ2n) is 5.86. The van der Waals surface area contributed by atoms with Crippen LogP contribution in [-0.2, 0) is 7.05 Å². The minimum atomic E-state index is -0.561. The highest BCUT2D eigenvalue weighted by atomic mass is 19.1. The summed E-state index contributed by atoms with van der Waals surface area (Å²) in [5.74, 6) is 0.234. The van der Waals surface area contributed by atoms with Crippen LogP contribution in [0.3, 0.4) is 0 Å². The molecule has 1 heterocycles. The maximum absolute atomic E-state index is 13.9. The molecule has 6 heteroatoms. The largest absolute Gasteiger partial charge is 0.490 e. The summed E-state index contributed by atoms with van der Waals surface area (Å²) in [5, 5.41) is 12.9. The molecule has 2 aromatic carbocycles. The predicted octanol–water partition coefficient (Wildman–Crippen LogP) is 3.94. The zero-order valence-corrected chi connectivity index (χ0v) is 14.5. The molecule has 1 atom stereocenters. The van der Waals surface area contributed by atoms with Gasteiger partial charge in [-0.25, -0.2) is 4.39 Å². The minimum absolute atomic E-state index is 0.101. The normalized spacial score (nSPS) is 11.6. The number of aromatic nitrogens is 2. The van der Waals surface area contributed by atoms with Crippen LogP contribution < -0.4 is 9.47 Å². The molecule has 0 amide bonds. The summed E-state index contributed by atoms with van der Waals surface area (Å²) < 4.78 is 27.0. The third kappa shape index (κ3) is 4.01. The van der Waals surface area contributed by atoms with Gasteiger partial charge < -0.3 is 9.47 Å². The Kier molecular flexibility index (Phi) is 5.18. The maximum Gasteiger partial charge on any atom is 0.166 e. The number of ether oxygens (including phenoxy) is 2. The van der Waals surface area contributed by atoms with Crippen molar-refractivity contribution in [3.63, 3.8) is 0 Å². The first kappa shape index (κ1) is 17.5. The number of halogens is 1. The van der Waals surface area contributed by atoms with E-state index in [1.807, 2.05) is 43.4 Å². The molecule has 1 aromatic heterocycles. The summed E-state index contributed by atoms with van der Waals surface area (Å²) in [4.78, 5) is 0. The van der Waals surface area contributed by atoms with Gasteiger partial charge in [0.25, 0.3) is 0 Å². The van der Waals surface area contributed by atoms with Crippen LogP contribution in [0.5, 0.6) is 11.5 Å². The number of benzene rings is 2. The van der Waals surface area contributed by atoms with E-state index in [-0.39, 0.29) is 24.0 Å². The van der Waals surface area contributed by atoms with Crippen molar-refractivity contribution in [1.29, 1.82) is 5.26 Å². The maximum atomic E-state index is 13.9. The summed E-state index contributed by atoms with van der Waals surface area (Å²) in [6, 6.07) is 15.6. The monoisotopic (exact) mass is 351 g/mol. The van der Waals surface area contributed by atoms with Crippen molar-refractivity contribution in [1.82, 2.24) is 9.78 Å². The van der Waals surface area contributed by atoms with Crippen LogP contribution in [-0.4, -0.2) is 22.5 Å². The van der Waals surface area contributed by atoms with Crippen LogP contribution >= 0.6 is 0 Å². The van der Waals surface area contributed by atoms with Crippen LogP contribution in [0.4, 0.5) is 4.39 Å². The van der Waals surface area contributed by atoms with Crippen molar-refractivity contribution in [2.75, 3.05) is 6.61 Å². The average Bonchev–Trinajstić information content (AvgIpc) is 3.08. The highest BCUT2D eigenvalue weighted by molar-refractivity contribution is 5.61.